The monoisotopic (exact) mass is 498 g/mol. The largest absolute Gasteiger partial charge is 0.447 e. The second kappa shape index (κ2) is 8.78. The number of benzene rings is 2. The van der Waals surface area contributed by atoms with E-state index in [0.717, 1.165) is 35.2 Å². The molecule has 1 N–H and O–H groups in total. The zero-order valence-corrected chi connectivity index (χ0v) is 20.5. The van der Waals surface area contributed by atoms with Gasteiger partial charge in [-0.1, -0.05) is 42.0 Å². The number of halogens is 1. The number of furan rings is 1. The van der Waals surface area contributed by atoms with E-state index in [0.29, 0.717) is 18.8 Å². The average molecular weight is 499 g/mol. The molecule has 2 aliphatic rings. The number of nitrogens with one attached hydrogen (secondary N) is 1. The van der Waals surface area contributed by atoms with Gasteiger partial charge in [-0.2, -0.15) is 0 Å². The van der Waals surface area contributed by atoms with Gasteiger partial charge in [0.1, 0.15) is 11.8 Å². The predicted octanol–water partition coefficient (Wildman–Crippen LogP) is 4.41. The molecular weight excluding hydrogens is 472 g/mol. The second-order valence-corrected chi connectivity index (χ2v) is 11.9. The summed E-state index contributed by atoms with van der Waals surface area (Å²) in [4.78, 5) is 15.6. The Morgan fingerprint density at radius 1 is 1.00 bits per heavy atom. The van der Waals surface area contributed by atoms with Crippen molar-refractivity contribution in [3.8, 4) is 0 Å². The van der Waals surface area contributed by atoms with E-state index in [9.17, 15) is 13.2 Å². The molecule has 5 rings (SSSR count). The molecule has 8 heteroatoms. The molecule has 6 nitrogen and oxygen atoms in total. The summed E-state index contributed by atoms with van der Waals surface area (Å²) in [5, 5.41) is 3.48. The Balaban J connectivity index is 1.35. The molecule has 1 saturated carbocycles. The number of amides is 1. The number of rotatable bonds is 6. The van der Waals surface area contributed by atoms with Crippen LogP contribution < -0.4 is 10.2 Å². The highest BCUT2D eigenvalue weighted by atomic mass is 35.5. The molecule has 2 fully saturated rings. The third-order valence-electron chi connectivity index (χ3n) is 6.88. The van der Waals surface area contributed by atoms with Crippen LogP contribution in [0.15, 0.2) is 65.1 Å². The number of hydrogen-bond donors (Lipinski definition) is 1. The van der Waals surface area contributed by atoms with Crippen molar-refractivity contribution >= 4 is 33.0 Å². The average Bonchev–Trinajstić information content (AvgIpc) is 3.53. The lowest BCUT2D eigenvalue weighted by molar-refractivity contribution is -0.124. The lowest BCUT2D eigenvalue weighted by atomic mass is 9.93. The lowest BCUT2D eigenvalue weighted by Gasteiger charge is -2.29. The van der Waals surface area contributed by atoms with Crippen molar-refractivity contribution in [3.05, 3.63) is 88.3 Å². The molecule has 1 atom stereocenters. The molecule has 0 radical (unpaired) electrons. The van der Waals surface area contributed by atoms with E-state index in [2.05, 4.69) is 10.2 Å². The van der Waals surface area contributed by atoms with E-state index in [1.54, 1.807) is 12.1 Å². The summed E-state index contributed by atoms with van der Waals surface area (Å²) in [6, 6.07) is 19.0. The van der Waals surface area contributed by atoms with E-state index in [4.69, 9.17) is 16.0 Å². The first-order valence-corrected chi connectivity index (χ1v) is 13.6. The van der Waals surface area contributed by atoms with E-state index in [1.807, 2.05) is 55.5 Å². The van der Waals surface area contributed by atoms with Crippen molar-refractivity contribution < 1.29 is 17.6 Å². The van der Waals surface area contributed by atoms with Gasteiger partial charge in [0.05, 0.1) is 16.9 Å². The molecule has 3 aromatic rings. The normalized spacial score (nSPS) is 19.4. The maximum atomic E-state index is 13.6. The van der Waals surface area contributed by atoms with Crippen molar-refractivity contribution in [3.63, 3.8) is 0 Å². The van der Waals surface area contributed by atoms with Gasteiger partial charge in [-0.05, 0) is 66.8 Å². The molecular formula is C26H27ClN2O4S. The van der Waals surface area contributed by atoms with E-state index in [1.165, 1.54) is 0 Å². The minimum Gasteiger partial charge on any atom is -0.447 e. The number of carbonyl (C=O) groups excluding carboxylic acids is 1. The van der Waals surface area contributed by atoms with Gasteiger partial charge in [0.2, 0.25) is 5.91 Å². The molecule has 1 aromatic heterocycles. The van der Waals surface area contributed by atoms with Crippen LogP contribution >= 0.6 is 11.6 Å². The molecule has 178 valence electrons. The van der Waals surface area contributed by atoms with Crippen LogP contribution in [-0.4, -0.2) is 38.9 Å². The maximum absolute atomic E-state index is 13.6. The van der Waals surface area contributed by atoms with E-state index in [-0.39, 0.29) is 22.6 Å². The van der Waals surface area contributed by atoms with Gasteiger partial charge in [0, 0.05) is 18.8 Å². The molecule has 1 amide bonds. The van der Waals surface area contributed by atoms with Gasteiger partial charge >= 0.3 is 0 Å². The quantitative estimate of drug-likeness (QED) is 0.544. The standard InChI is InChI=1S/C26H27ClN2O4S/c1-18-2-4-19(5-3-18)24(22-10-11-23(27)33-22)28-25(30)26(12-13-26)20-6-8-21(9-7-20)29-14-16-34(31,32)17-15-29/h2-11,24H,12-17H2,1H3,(H,28,30). The highest BCUT2D eigenvalue weighted by Gasteiger charge is 2.52. The highest BCUT2D eigenvalue weighted by molar-refractivity contribution is 7.91. The van der Waals surface area contributed by atoms with Crippen molar-refractivity contribution in [2.45, 2.75) is 31.2 Å². The van der Waals surface area contributed by atoms with Crippen molar-refractivity contribution in [1.29, 1.82) is 0 Å². The number of sulfone groups is 1. The van der Waals surface area contributed by atoms with Gasteiger partial charge in [-0.25, -0.2) is 8.42 Å². The summed E-state index contributed by atoms with van der Waals surface area (Å²) in [6.45, 7) is 3.02. The van der Waals surface area contributed by atoms with Crippen LogP contribution in [0.25, 0.3) is 0 Å². The van der Waals surface area contributed by atoms with Crippen molar-refractivity contribution in [2.75, 3.05) is 29.5 Å². The fourth-order valence-electron chi connectivity index (χ4n) is 4.56. The van der Waals surface area contributed by atoms with Crippen LogP contribution in [0.2, 0.25) is 5.22 Å². The smallest absolute Gasteiger partial charge is 0.231 e. The number of carbonyl (C=O) groups is 1. The van der Waals surface area contributed by atoms with Crippen LogP contribution in [0.4, 0.5) is 5.69 Å². The zero-order chi connectivity index (χ0) is 23.9. The van der Waals surface area contributed by atoms with Crippen molar-refractivity contribution in [2.24, 2.45) is 0 Å². The molecule has 1 aliphatic heterocycles. The predicted molar refractivity (Wildman–Crippen MR) is 133 cm³/mol. The maximum Gasteiger partial charge on any atom is 0.231 e. The Bertz CT molecular complexity index is 1280. The Labute approximate surface area is 204 Å². The minimum atomic E-state index is -2.93. The topological polar surface area (TPSA) is 79.6 Å². The van der Waals surface area contributed by atoms with E-state index < -0.39 is 21.3 Å². The van der Waals surface area contributed by atoms with Crippen LogP contribution in [0.1, 0.15) is 41.3 Å². The molecule has 1 unspecified atom stereocenters. The fraction of sp³-hybridized carbons (Fsp3) is 0.346. The van der Waals surface area contributed by atoms with Crippen LogP contribution in [-0.2, 0) is 20.0 Å². The first kappa shape index (κ1) is 23.0. The van der Waals surface area contributed by atoms with Gasteiger partial charge in [0.25, 0.3) is 0 Å². The van der Waals surface area contributed by atoms with Gasteiger partial charge in [0.15, 0.2) is 15.1 Å². The summed E-state index contributed by atoms with van der Waals surface area (Å²) in [7, 11) is -2.93. The molecule has 0 spiro atoms. The van der Waals surface area contributed by atoms with Gasteiger partial charge in [-0.3, -0.25) is 4.79 Å². The Hall–Kier alpha value is -2.77. The number of hydrogen-bond acceptors (Lipinski definition) is 5. The number of nitrogens with zero attached hydrogens (tertiary/aromatic N) is 1. The first-order valence-electron chi connectivity index (χ1n) is 11.4. The zero-order valence-electron chi connectivity index (χ0n) is 19.0. The van der Waals surface area contributed by atoms with E-state index >= 15 is 0 Å². The third kappa shape index (κ3) is 4.59. The van der Waals surface area contributed by atoms with Crippen LogP contribution in [0.3, 0.4) is 0 Å². The first-order chi connectivity index (χ1) is 16.3. The van der Waals surface area contributed by atoms with Crippen molar-refractivity contribution in [1.82, 2.24) is 5.32 Å². The van der Waals surface area contributed by atoms with Gasteiger partial charge in [-0.15, -0.1) is 0 Å². The summed E-state index contributed by atoms with van der Waals surface area (Å²) in [5.41, 5.74) is 3.45. The second-order valence-electron chi connectivity index (χ2n) is 9.23. The van der Waals surface area contributed by atoms with Crippen LogP contribution in [0.5, 0.6) is 0 Å². The lowest BCUT2D eigenvalue weighted by Crippen LogP contribution is -2.40. The molecule has 2 aromatic carbocycles. The highest BCUT2D eigenvalue weighted by Crippen LogP contribution is 2.49. The summed E-state index contributed by atoms with van der Waals surface area (Å²) < 4.78 is 29.1. The Morgan fingerprint density at radius 2 is 1.65 bits per heavy atom. The molecule has 34 heavy (non-hydrogen) atoms. The minimum absolute atomic E-state index is 0.0394. The Kier molecular flexibility index (Phi) is 5.94. The SMILES string of the molecule is Cc1ccc(C(NC(=O)C2(c3ccc(N4CCS(=O)(=O)CC4)cc3)CC2)c2ccc(Cl)o2)cc1. The molecule has 0 bridgehead atoms. The summed E-state index contributed by atoms with van der Waals surface area (Å²) in [6.07, 6.45) is 1.55. The van der Waals surface area contributed by atoms with Crippen LogP contribution in [0, 0.1) is 6.92 Å². The number of aryl methyl sites for hydroxylation is 1. The fourth-order valence-corrected chi connectivity index (χ4v) is 5.92. The summed E-state index contributed by atoms with van der Waals surface area (Å²) >= 11 is 6.03. The summed E-state index contributed by atoms with van der Waals surface area (Å²) in [5.74, 6) is 0.909. The third-order valence-corrected chi connectivity index (χ3v) is 8.69. The molecule has 1 saturated heterocycles. The molecule has 2 heterocycles. The Morgan fingerprint density at radius 3 is 2.21 bits per heavy atom. The number of anilines is 1. The molecule has 1 aliphatic carbocycles. The van der Waals surface area contributed by atoms with Gasteiger partial charge < -0.3 is 14.6 Å².